The number of rotatable bonds is 1. The van der Waals surface area contributed by atoms with Crippen molar-refractivity contribution in [3.05, 3.63) is 0 Å². The second-order valence-corrected chi connectivity index (χ2v) is 2.35. The smallest absolute Gasteiger partial charge is 0.342 e. The molecule has 1 heterocycles. The molecule has 0 spiro atoms. The van der Waals surface area contributed by atoms with Crippen molar-refractivity contribution in [2.24, 2.45) is 0 Å². The maximum atomic E-state index is 11.0. The van der Waals surface area contributed by atoms with Gasteiger partial charge in [0, 0.05) is 13.6 Å². The molecule has 0 unspecified atom stereocenters. The molecular weight excluding hydrogens is 150 g/mol. The zero-order valence-corrected chi connectivity index (χ0v) is 6.11. The van der Waals surface area contributed by atoms with Gasteiger partial charge in [-0.2, -0.15) is 0 Å². The number of carboxylic acid groups (broad SMARTS) is 1. The fourth-order valence-electron chi connectivity index (χ4n) is 0.866. The van der Waals surface area contributed by atoms with Gasteiger partial charge < -0.3 is 14.7 Å². The standard InChI is InChI=1S/C6H9NO4/c1-7-2-3-11-4(5(7)8)6(9)10/h4H,2-3H2,1H3,(H,9,10)/t4-/m0/s1. The Bertz CT molecular complexity index is 191. The van der Waals surface area contributed by atoms with Gasteiger partial charge >= 0.3 is 5.97 Å². The average molecular weight is 159 g/mol. The molecule has 0 aromatic heterocycles. The zero-order valence-electron chi connectivity index (χ0n) is 6.11. The number of hydrogen-bond donors (Lipinski definition) is 1. The summed E-state index contributed by atoms with van der Waals surface area (Å²) in [6.45, 7) is 0.752. The molecule has 1 amide bonds. The van der Waals surface area contributed by atoms with E-state index in [0.29, 0.717) is 13.2 Å². The Hall–Kier alpha value is -1.10. The van der Waals surface area contributed by atoms with Gasteiger partial charge in [-0.05, 0) is 0 Å². The average Bonchev–Trinajstić information content (AvgIpc) is 1.94. The molecule has 62 valence electrons. The minimum atomic E-state index is -1.30. The van der Waals surface area contributed by atoms with Gasteiger partial charge in [-0.15, -0.1) is 0 Å². The molecule has 5 heteroatoms. The summed E-state index contributed by atoms with van der Waals surface area (Å²) in [5.41, 5.74) is 0. The Balaban J connectivity index is 2.66. The van der Waals surface area contributed by atoms with E-state index < -0.39 is 18.0 Å². The van der Waals surface area contributed by atoms with Gasteiger partial charge in [-0.25, -0.2) is 4.79 Å². The van der Waals surface area contributed by atoms with Gasteiger partial charge in [0.2, 0.25) is 6.10 Å². The number of carbonyl (C=O) groups is 2. The van der Waals surface area contributed by atoms with Gasteiger partial charge in [0.15, 0.2) is 0 Å². The monoisotopic (exact) mass is 159 g/mol. The summed E-state index contributed by atoms with van der Waals surface area (Å²) < 4.78 is 4.73. The Morgan fingerprint density at radius 3 is 2.91 bits per heavy atom. The minimum absolute atomic E-state index is 0.291. The molecule has 1 atom stereocenters. The van der Waals surface area contributed by atoms with Crippen LogP contribution in [0.4, 0.5) is 0 Å². The van der Waals surface area contributed by atoms with Crippen LogP contribution in [-0.4, -0.2) is 48.2 Å². The van der Waals surface area contributed by atoms with Crippen molar-refractivity contribution in [3.63, 3.8) is 0 Å². The first-order valence-electron chi connectivity index (χ1n) is 3.22. The highest BCUT2D eigenvalue weighted by atomic mass is 16.5. The van der Waals surface area contributed by atoms with Crippen molar-refractivity contribution in [1.29, 1.82) is 0 Å². The molecule has 11 heavy (non-hydrogen) atoms. The Morgan fingerprint density at radius 1 is 1.82 bits per heavy atom. The molecule has 0 aromatic carbocycles. The van der Waals surface area contributed by atoms with Crippen LogP contribution in [0.5, 0.6) is 0 Å². The first-order chi connectivity index (χ1) is 5.13. The third-order valence-electron chi connectivity index (χ3n) is 1.54. The maximum Gasteiger partial charge on any atom is 0.342 e. The summed E-state index contributed by atoms with van der Waals surface area (Å²) in [6, 6.07) is 0. The highest BCUT2D eigenvalue weighted by Crippen LogP contribution is 2.04. The summed E-state index contributed by atoms with van der Waals surface area (Å²) in [6.07, 6.45) is -1.30. The van der Waals surface area contributed by atoms with Crippen LogP contribution >= 0.6 is 0 Å². The molecule has 1 saturated heterocycles. The molecule has 5 nitrogen and oxygen atoms in total. The van der Waals surface area contributed by atoms with E-state index in [0.717, 1.165) is 0 Å². The van der Waals surface area contributed by atoms with Crippen LogP contribution in [0, 0.1) is 0 Å². The fourth-order valence-corrected chi connectivity index (χ4v) is 0.866. The van der Waals surface area contributed by atoms with Crippen LogP contribution < -0.4 is 0 Å². The largest absolute Gasteiger partial charge is 0.479 e. The molecule has 0 aromatic rings. The number of hydrogen-bond acceptors (Lipinski definition) is 3. The number of morpholine rings is 1. The summed E-state index contributed by atoms with van der Waals surface area (Å²) in [5.74, 6) is -1.70. The second-order valence-electron chi connectivity index (χ2n) is 2.35. The zero-order chi connectivity index (χ0) is 8.43. The van der Waals surface area contributed by atoms with Crippen LogP contribution in [0.15, 0.2) is 0 Å². The van der Waals surface area contributed by atoms with E-state index in [-0.39, 0.29) is 0 Å². The van der Waals surface area contributed by atoms with Gasteiger partial charge in [0.05, 0.1) is 6.61 Å². The third kappa shape index (κ3) is 1.48. The van der Waals surface area contributed by atoms with Crippen molar-refractivity contribution in [3.8, 4) is 0 Å². The van der Waals surface area contributed by atoms with Crippen LogP contribution in [0.25, 0.3) is 0 Å². The molecule has 0 saturated carbocycles. The van der Waals surface area contributed by atoms with Gasteiger partial charge in [-0.3, -0.25) is 4.79 Å². The fraction of sp³-hybridized carbons (Fsp3) is 0.667. The SMILES string of the molecule is CN1CCO[C@H](C(=O)O)C1=O. The van der Waals surface area contributed by atoms with Gasteiger partial charge in [-0.1, -0.05) is 0 Å². The minimum Gasteiger partial charge on any atom is -0.479 e. The van der Waals surface area contributed by atoms with E-state index in [2.05, 4.69) is 0 Å². The lowest BCUT2D eigenvalue weighted by Gasteiger charge is -2.26. The van der Waals surface area contributed by atoms with E-state index in [9.17, 15) is 9.59 Å². The van der Waals surface area contributed by atoms with Crippen molar-refractivity contribution < 1.29 is 19.4 Å². The van der Waals surface area contributed by atoms with E-state index in [4.69, 9.17) is 9.84 Å². The molecule has 1 fully saturated rings. The van der Waals surface area contributed by atoms with Crippen LogP contribution in [-0.2, 0) is 14.3 Å². The molecule has 0 bridgehead atoms. The highest BCUT2D eigenvalue weighted by molar-refractivity contribution is 6.00. The van der Waals surface area contributed by atoms with E-state index >= 15 is 0 Å². The first kappa shape index (κ1) is 8.00. The summed E-state index contributed by atoms with van der Waals surface area (Å²) in [5, 5.41) is 8.45. The number of aliphatic carboxylic acids is 1. The quantitative estimate of drug-likeness (QED) is 0.494. The Labute approximate surface area is 63.5 Å². The second kappa shape index (κ2) is 2.87. The third-order valence-corrected chi connectivity index (χ3v) is 1.54. The lowest BCUT2D eigenvalue weighted by molar-refractivity contribution is -0.167. The predicted octanol–water partition coefficient (Wildman–Crippen LogP) is -1.07. The lowest BCUT2D eigenvalue weighted by Crippen LogP contribution is -2.49. The maximum absolute atomic E-state index is 11.0. The highest BCUT2D eigenvalue weighted by Gasteiger charge is 2.33. The van der Waals surface area contributed by atoms with Crippen LogP contribution in [0.2, 0.25) is 0 Å². The van der Waals surface area contributed by atoms with E-state index in [1.165, 1.54) is 4.90 Å². The Morgan fingerprint density at radius 2 is 2.45 bits per heavy atom. The first-order valence-corrected chi connectivity index (χ1v) is 3.22. The molecular formula is C6H9NO4. The molecule has 1 aliphatic rings. The van der Waals surface area contributed by atoms with Crippen molar-refractivity contribution >= 4 is 11.9 Å². The molecule has 1 N–H and O–H groups in total. The summed E-state index contributed by atoms with van der Waals surface area (Å²) in [4.78, 5) is 22.7. The topological polar surface area (TPSA) is 66.8 Å². The molecule has 0 aliphatic carbocycles. The van der Waals surface area contributed by atoms with Gasteiger partial charge in [0.1, 0.15) is 0 Å². The molecule has 0 radical (unpaired) electrons. The predicted molar refractivity (Wildman–Crippen MR) is 35.0 cm³/mol. The number of likely N-dealkylation sites (N-methyl/N-ethyl adjacent to an activating group) is 1. The molecule has 1 aliphatic heterocycles. The van der Waals surface area contributed by atoms with Crippen LogP contribution in [0.3, 0.4) is 0 Å². The van der Waals surface area contributed by atoms with Crippen LogP contribution in [0.1, 0.15) is 0 Å². The van der Waals surface area contributed by atoms with Gasteiger partial charge in [0.25, 0.3) is 5.91 Å². The lowest BCUT2D eigenvalue weighted by atomic mass is 10.3. The van der Waals surface area contributed by atoms with E-state index in [1.54, 1.807) is 7.05 Å². The number of amides is 1. The number of carboxylic acids is 1. The Kier molecular flexibility index (Phi) is 2.09. The normalized spacial score (nSPS) is 25.4. The van der Waals surface area contributed by atoms with Crippen molar-refractivity contribution in [2.75, 3.05) is 20.2 Å². The van der Waals surface area contributed by atoms with Crippen molar-refractivity contribution in [2.45, 2.75) is 6.10 Å². The van der Waals surface area contributed by atoms with E-state index in [1.807, 2.05) is 0 Å². The summed E-state index contributed by atoms with van der Waals surface area (Å²) >= 11 is 0. The summed E-state index contributed by atoms with van der Waals surface area (Å²) in [7, 11) is 1.56. The number of carbonyl (C=O) groups excluding carboxylic acids is 1. The van der Waals surface area contributed by atoms with Crippen molar-refractivity contribution in [1.82, 2.24) is 4.90 Å². The molecule has 1 rings (SSSR count). The number of ether oxygens (including phenoxy) is 1. The number of nitrogens with zero attached hydrogens (tertiary/aromatic N) is 1.